The Hall–Kier alpha value is -1.06. The number of hydrogen-bond acceptors (Lipinski definition) is 3. The van der Waals surface area contributed by atoms with E-state index in [1.54, 1.807) is 0 Å². The van der Waals surface area contributed by atoms with E-state index in [1.165, 1.54) is 141 Å². The van der Waals surface area contributed by atoms with Gasteiger partial charge in [-0.25, -0.2) is 0 Å². The number of carboxylic acids is 1. The van der Waals surface area contributed by atoms with Gasteiger partial charge in [0.2, 0.25) is 0 Å². The molecule has 0 aromatic carbocycles. The van der Waals surface area contributed by atoms with Crippen LogP contribution < -0.4 is 0 Å². The molecule has 4 nitrogen and oxygen atoms in total. The lowest BCUT2D eigenvalue weighted by atomic mass is 10.0. The summed E-state index contributed by atoms with van der Waals surface area (Å²) in [4.78, 5) is 23.4. The fourth-order valence-electron chi connectivity index (χ4n) is 5.47. The van der Waals surface area contributed by atoms with Gasteiger partial charge in [0.05, 0.1) is 0 Å². The lowest BCUT2D eigenvalue weighted by molar-refractivity contribution is -0.151. The van der Waals surface area contributed by atoms with Gasteiger partial charge in [-0.2, -0.15) is 0 Å². The van der Waals surface area contributed by atoms with Gasteiger partial charge in [0, 0.05) is 12.8 Å². The fraction of sp³-hybridized carbons (Fsp3) is 0.943. The summed E-state index contributed by atoms with van der Waals surface area (Å²) >= 11 is 0. The smallest absolute Gasteiger partial charge is 0.306 e. The van der Waals surface area contributed by atoms with Crippen LogP contribution in [0.4, 0.5) is 0 Å². The van der Waals surface area contributed by atoms with Crippen LogP contribution in [0.2, 0.25) is 0 Å². The second-order valence-electron chi connectivity index (χ2n) is 12.1. The molecule has 0 fully saturated rings. The highest BCUT2D eigenvalue weighted by atomic mass is 16.5. The third-order valence-corrected chi connectivity index (χ3v) is 8.09. The van der Waals surface area contributed by atoms with Crippen LogP contribution in [0.3, 0.4) is 0 Å². The normalized spacial score (nSPS) is 12.1. The number of carbonyl (C=O) groups excluding carboxylic acids is 1. The van der Waals surface area contributed by atoms with Gasteiger partial charge in [0.25, 0.3) is 0 Å². The van der Waals surface area contributed by atoms with E-state index in [1.807, 2.05) is 0 Å². The molecular formula is C35H68O4. The first-order chi connectivity index (χ1) is 19.1. The van der Waals surface area contributed by atoms with Crippen LogP contribution in [0.5, 0.6) is 0 Å². The van der Waals surface area contributed by atoms with Gasteiger partial charge in [-0.3, -0.25) is 9.59 Å². The standard InChI is InChI=1S/C35H68O4/c1-3-5-7-9-11-13-15-17-18-19-21-23-25-27-29-33(31-32-34(36)37)39-35(38)30-28-26-24-22-20-16-14-12-10-8-6-4-2/h33H,3-32H2,1-2H3,(H,36,37). The molecule has 0 rings (SSSR count). The monoisotopic (exact) mass is 553 g/mol. The van der Waals surface area contributed by atoms with Gasteiger partial charge in [0.15, 0.2) is 0 Å². The van der Waals surface area contributed by atoms with Crippen molar-refractivity contribution in [3.05, 3.63) is 0 Å². The summed E-state index contributed by atoms with van der Waals surface area (Å²) in [6, 6.07) is 0. The molecule has 1 N–H and O–H groups in total. The summed E-state index contributed by atoms with van der Waals surface area (Å²) in [6.07, 6.45) is 35.4. The maximum atomic E-state index is 12.4. The molecule has 0 aromatic rings. The van der Waals surface area contributed by atoms with Crippen molar-refractivity contribution in [3.8, 4) is 0 Å². The van der Waals surface area contributed by atoms with Crippen molar-refractivity contribution < 1.29 is 19.4 Å². The van der Waals surface area contributed by atoms with E-state index in [0.29, 0.717) is 12.8 Å². The predicted octanol–water partition coefficient (Wildman–Crippen LogP) is 11.7. The van der Waals surface area contributed by atoms with Crippen LogP contribution in [-0.4, -0.2) is 23.1 Å². The van der Waals surface area contributed by atoms with Crippen molar-refractivity contribution in [2.75, 3.05) is 0 Å². The molecule has 4 heteroatoms. The van der Waals surface area contributed by atoms with Gasteiger partial charge in [-0.05, 0) is 25.7 Å². The van der Waals surface area contributed by atoms with Gasteiger partial charge in [-0.1, -0.05) is 168 Å². The minimum atomic E-state index is -0.807. The fourth-order valence-corrected chi connectivity index (χ4v) is 5.47. The first kappa shape index (κ1) is 37.9. The molecule has 0 bridgehead atoms. The molecule has 0 spiro atoms. The van der Waals surface area contributed by atoms with E-state index >= 15 is 0 Å². The van der Waals surface area contributed by atoms with Gasteiger partial charge in [0.1, 0.15) is 6.10 Å². The summed E-state index contributed by atoms with van der Waals surface area (Å²) in [7, 11) is 0. The Morgan fingerprint density at radius 2 is 0.795 bits per heavy atom. The van der Waals surface area contributed by atoms with Crippen molar-refractivity contribution in [2.24, 2.45) is 0 Å². The molecule has 0 aliphatic heterocycles. The van der Waals surface area contributed by atoms with Crippen LogP contribution in [0.1, 0.15) is 206 Å². The summed E-state index contributed by atoms with van der Waals surface area (Å²) in [5.41, 5.74) is 0. The second-order valence-corrected chi connectivity index (χ2v) is 12.1. The third kappa shape index (κ3) is 31.3. The molecule has 0 saturated heterocycles. The summed E-state index contributed by atoms with van der Waals surface area (Å²) in [5, 5.41) is 9.08. The highest BCUT2D eigenvalue weighted by Crippen LogP contribution is 2.18. The first-order valence-electron chi connectivity index (χ1n) is 17.5. The largest absolute Gasteiger partial charge is 0.481 e. The van der Waals surface area contributed by atoms with E-state index in [0.717, 1.165) is 32.1 Å². The van der Waals surface area contributed by atoms with E-state index in [-0.39, 0.29) is 18.5 Å². The quantitative estimate of drug-likeness (QED) is 0.0665. The molecule has 0 radical (unpaired) electrons. The van der Waals surface area contributed by atoms with Crippen LogP contribution in [0.25, 0.3) is 0 Å². The Kier molecular flexibility index (Phi) is 30.6. The van der Waals surface area contributed by atoms with E-state index in [4.69, 9.17) is 9.84 Å². The lowest BCUT2D eigenvalue weighted by Gasteiger charge is -2.17. The van der Waals surface area contributed by atoms with E-state index in [2.05, 4.69) is 13.8 Å². The number of carbonyl (C=O) groups is 2. The molecule has 1 unspecified atom stereocenters. The maximum absolute atomic E-state index is 12.4. The number of unbranched alkanes of at least 4 members (excludes halogenated alkanes) is 24. The number of esters is 1. The highest BCUT2D eigenvalue weighted by molar-refractivity contribution is 5.69. The molecule has 0 saturated carbocycles. The lowest BCUT2D eigenvalue weighted by Crippen LogP contribution is -2.19. The van der Waals surface area contributed by atoms with Crippen molar-refractivity contribution in [3.63, 3.8) is 0 Å². The Morgan fingerprint density at radius 3 is 1.15 bits per heavy atom. The van der Waals surface area contributed by atoms with Crippen LogP contribution >= 0.6 is 0 Å². The number of hydrogen-bond donors (Lipinski definition) is 1. The summed E-state index contributed by atoms with van der Waals surface area (Å²) < 4.78 is 5.71. The highest BCUT2D eigenvalue weighted by Gasteiger charge is 2.15. The average Bonchev–Trinajstić information content (AvgIpc) is 2.92. The maximum Gasteiger partial charge on any atom is 0.306 e. The number of aliphatic carboxylic acids is 1. The zero-order valence-electron chi connectivity index (χ0n) is 26.5. The molecule has 0 aliphatic carbocycles. The van der Waals surface area contributed by atoms with Crippen LogP contribution in [0, 0.1) is 0 Å². The van der Waals surface area contributed by atoms with E-state index in [9.17, 15) is 9.59 Å². The number of ether oxygens (including phenoxy) is 1. The van der Waals surface area contributed by atoms with Crippen LogP contribution in [0.15, 0.2) is 0 Å². The van der Waals surface area contributed by atoms with Gasteiger partial charge in [-0.15, -0.1) is 0 Å². The molecule has 0 amide bonds. The topological polar surface area (TPSA) is 63.6 Å². The second kappa shape index (κ2) is 31.5. The summed E-state index contributed by atoms with van der Waals surface area (Å²) in [6.45, 7) is 4.53. The van der Waals surface area contributed by atoms with Gasteiger partial charge < -0.3 is 9.84 Å². The number of rotatable bonds is 32. The van der Waals surface area contributed by atoms with Crippen molar-refractivity contribution in [1.29, 1.82) is 0 Å². The first-order valence-corrected chi connectivity index (χ1v) is 17.5. The van der Waals surface area contributed by atoms with Crippen molar-refractivity contribution >= 4 is 11.9 Å². The Labute approximate surface area is 243 Å². The molecule has 39 heavy (non-hydrogen) atoms. The average molecular weight is 553 g/mol. The van der Waals surface area contributed by atoms with E-state index < -0.39 is 5.97 Å². The number of carboxylic acid groups (broad SMARTS) is 1. The summed E-state index contributed by atoms with van der Waals surface area (Å²) in [5.74, 6) is -0.944. The molecule has 0 aliphatic rings. The molecule has 0 heterocycles. The SMILES string of the molecule is CCCCCCCCCCCCCCCCC(CCC(=O)O)OC(=O)CCCCCCCCCCCCCC. The van der Waals surface area contributed by atoms with Crippen molar-refractivity contribution in [1.82, 2.24) is 0 Å². The van der Waals surface area contributed by atoms with Crippen LogP contribution in [-0.2, 0) is 14.3 Å². The minimum Gasteiger partial charge on any atom is -0.481 e. The van der Waals surface area contributed by atoms with Gasteiger partial charge >= 0.3 is 11.9 Å². The van der Waals surface area contributed by atoms with Crippen molar-refractivity contribution in [2.45, 2.75) is 213 Å². The molecule has 1 atom stereocenters. The Balaban J connectivity index is 3.73. The zero-order chi connectivity index (χ0) is 28.7. The molecular weight excluding hydrogens is 484 g/mol. The Bertz CT molecular complexity index is 519. The zero-order valence-corrected chi connectivity index (χ0v) is 26.5. The minimum absolute atomic E-state index is 0.0785. The molecule has 0 aromatic heterocycles. The molecule has 232 valence electrons. The Morgan fingerprint density at radius 1 is 0.462 bits per heavy atom. The third-order valence-electron chi connectivity index (χ3n) is 8.09. The predicted molar refractivity (Wildman–Crippen MR) is 167 cm³/mol.